The lowest BCUT2D eigenvalue weighted by Gasteiger charge is -2.24. The minimum atomic E-state index is -0.776. The van der Waals surface area contributed by atoms with Crippen LogP contribution in [0.15, 0.2) is 42.5 Å². The number of hydrogen-bond acceptors (Lipinski definition) is 4. The highest BCUT2D eigenvalue weighted by molar-refractivity contribution is 5.43. The van der Waals surface area contributed by atoms with Crippen molar-refractivity contribution in [1.82, 2.24) is 5.32 Å². The summed E-state index contributed by atoms with van der Waals surface area (Å²) in [6.07, 6.45) is 1.81. The Labute approximate surface area is 149 Å². The Kier molecular flexibility index (Phi) is 5.30. The zero-order valence-electron chi connectivity index (χ0n) is 15.2. The van der Waals surface area contributed by atoms with E-state index in [-0.39, 0.29) is 6.10 Å². The van der Waals surface area contributed by atoms with E-state index in [1.807, 2.05) is 50.2 Å². The van der Waals surface area contributed by atoms with Crippen LogP contribution in [-0.4, -0.2) is 24.9 Å². The van der Waals surface area contributed by atoms with E-state index in [9.17, 15) is 5.11 Å². The van der Waals surface area contributed by atoms with Crippen molar-refractivity contribution in [2.45, 2.75) is 44.9 Å². The van der Waals surface area contributed by atoms with Gasteiger partial charge in [-0.25, -0.2) is 0 Å². The molecule has 0 fully saturated rings. The molecule has 4 heteroatoms. The van der Waals surface area contributed by atoms with Crippen LogP contribution in [0.4, 0.5) is 0 Å². The van der Waals surface area contributed by atoms with Gasteiger partial charge in [0.1, 0.15) is 5.60 Å². The molecule has 25 heavy (non-hydrogen) atoms. The minimum Gasteiger partial charge on any atom is -0.493 e. The fraction of sp³-hybridized carbons (Fsp3) is 0.429. The summed E-state index contributed by atoms with van der Waals surface area (Å²) in [7, 11) is 1.65. The normalized spacial score (nSPS) is 19.1. The molecule has 0 saturated heterocycles. The van der Waals surface area contributed by atoms with E-state index in [0.717, 1.165) is 35.5 Å². The summed E-state index contributed by atoms with van der Waals surface area (Å²) in [4.78, 5) is 0. The van der Waals surface area contributed by atoms with Crippen LogP contribution in [0.3, 0.4) is 0 Å². The Morgan fingerprint density at radius 3 is 2.72 bits per heavy atom. The van der Waals surface area contributed by atoms with E-state index in [2.05, 4.69) is 11.4 Å². The summed E-state index contributed by atoms with van der Waals surface area (Å²) in [5.74, 6) is 1.49. The van der Waals surface area contributed by atoms with Gasteiger partial charge in [0.25, 0.3) is 0 Å². The molecule has 0 spiro atoms. The van der Waals surface area contributed by atoms with Gasteiger partial charge >= 0.3 is 0 Å². The van der Waals surface area contributed by atoms with Gasteiger partial charge in [0.15, 0.2) is 11.5 Å². The smallest absolute Gasteiger partial charge is 0.161 e. The lowest BCUT2D eigenvalue weighted by molar-refractivity contribution is 0.0384. The third-order valence-electron chi connectivity index (χ3n) is 4.66. The van der Waals surface area contributed by atoms with Crippen LogP contribution in [-0.2, 0) is 18.6 Å². The Balaban J connectivity index is 1.63. The number of aryl methyl sites for hydroxylation is 1. The largest absolute Gasteiger partial charge is 0.493 e. The van der Waals surface area contributed by atoms with Crippen molar-refractivity contribution in [3.05, 3.63) is 59.2 Å². The molecule has 4 nitrogen and oxygen atoms in total. The predicted molar refractivity (Wildman–Crippen MR) is 99.1 cm³/mol. The number of ether oxygens (including phenoxy) is 2. The highest BCUT2D eigenvalue weighted by Gasteiger charge is 2.35. The number of methoxy groups -OCH3 is 1. The number of benzene rings is 2. The van der Waals surface area contributed by atoms with Gasteiger partial charge in [0.05, 0.1) is 13.2 Å². The highest BCUT2D eigenvalue weighted by atomic mass is 16.5. The van der Waals surface area contributed by atoms with Crippen molar-refractivity contribution in [3.8, 4) is 11.5 Å². The maximum Gasteiger partial charge on any atom is 0.161 e. The van der Waals surface area contributed by atoms with Gasteiger partial charge in [-0.1, -0.05) is 30.3 Å². The first-order valence-electron chi connectivity index (χ1n) is 8.87. The van der Waals surface area contributed by atoms with Crippen molar-refractivity contribution in [2.75, 3.05) is 13.7 Å². The minimum absolute atomic E-state index is 0.106. The van der Waals surface area contributed by atoms with Crippen LogP contribution in [0.1, 0.15) is 37.0 Å². The third kappa shape index (κ3) is 3.97. The average molecular weight is 341 g/mol. The summed E-state index contributed by atoms with van der Waals surface area (Å²) < 4.78 is 11.2. The van der Waals surface area contributed by atoms with Gasteiger partial charge < -0.3 is 19.9 Å². The van der Waals surface area contributed by atoms with Gasteiger partial charge in [-0.3, -0.25) is 0 Å². The fourth-order valence-corrected chi connectivity index (χ4v) is 3.44. The number of fused-ring (bicyclic) bond motifs is 1. The zero-order valence-corrected chi connectivity index (χ0v) is 15.2. The van der Waals surface area contributed by atoms with E-state index in [4.69, 9.17) is 9.47 Å². The number of aliphatic hydroxyl groups is 1. The molecule has 1 atom stereocenters. The molecule has 0 bridgehead atoms. The molecule has 0 heterocycles. The molecule has 0 unspecified atom stereocenters. The molecule has 2 N–H and O–H groups in total. The van der Waals surface area contributed by atoms with Gasteiger partial charge in [-0.05, 0) is 55.5 Å². The van der Waals surface area contributed by atoms with E-state index < -0.39 is 5.60 Å². The Morgan fingerprint density at radius 2 is 1.96 bits per heavy atom. The van der Waals surface area contributed by atoms with Crippen molar-refractivity contribution >= 4 is 0 Å². The molecule has 0 amide bonds. The number of nitrogens with one attached hydrogen (secondary N) is 1. The van der Waals surface area contributed by atoms with Crippen LogP contribution < -0.4 is 14.8 Å². The second-order valence-corrected chi connectivity index (χ2v) is 6.94. The summed E-state index contributed by atoms with van der Waals surface area (Å²) in [5, 5.41) is 14.3. The van der Waals surface area contributed by atoms with E-state index in [1.54, 1.807) is 7.11 Å². The Morgan fingerprint density at radius 1 is 1.16 bits per heavy atom. The predicted octanol–water partition coefficient (Wildman–Crippen LogP) is 3.41. The second-order valence-electron chi connectivity index (χ2n) is 6.94. The number of rotatable bonds is 7. The highest BCUT2D eigenvalue weighted by Crippen LogP contribution is 2.36. The van der Waals surface area contributed by atoms with Crippen LogP contribution in [0, 0.1) is 0 Å². The van der Waals surface area contributed by atoms with Crippen molar-refractivity contribution in [3.63, 3.8) is 0 Å². The molecule has 0 aromatic heterocycles. The molecule has 2 aromatic rings. The van der Waals surface area contributed by atoms with Gasteiger partial charge in [-0.15, -0.1) is 0 Å². The number of hydrogen-bond donors (Lipinski definition) is 2. The summed E-state index contributed by atoms with van der Waals surface area (Å²) in [5.41, 5.74) is 2.63. The molecular formula is C21H27NO3. The molecule has 3 rings (SSSR count). The Bertz CT molecular complexity index is 729. The molecule has 1 aliphatic rings. The quantitative estimate of drug-likeness (QED) is 0.810. The van der Waals surface area contributed by atoms with E-state index >= 15 is 0 Å². The zero-order chi connectivity index (χ0) is 17.9. The van der Waals surface area contributed by atoms with E-state index in [0.29, 0.717) is 13.1 Å². The van der Waals surface area contributed by atoms with Gasteiger partial charge in [0, 0.05) is 13.1 Å². The third-order valence-corrected chi connectivity index (χ3v) is 4.66. The van der Waals surface area contributed by atoms with E-state index in [1.165, 1.54) is 5.56 Å². The van der Waals surface area contributed by atoms with Crippen LogP contribution in [0.2, 0.25) is 0 Å². The summed E-state index contributed by atoms with van der Waals surface area (Å²) in [6, 6.07) is 14.1. The topological polar surface area (TPSA) is 50.7 Å². The average Bonchev–Trinajstić information content (AvgIpc) is 2.93. The molecule has 134 valence electrons. The first-order valence-corrected chi connectivity index (χ1v) is 8.87. The summed E-state index contributed by atoms with van der Waals surface area (Å²) >= 11 is 0. The fourth-order valence-electron chi connectivity index (χ4n) is 3.44. The molecule has 0 saturated carbocycles. The first-order chi connectivity index (χ1) is 12.0. The standard InChI is InChI=1S/C21H27NO3/c1-15(2)25-19-9-8-16(12-20(19)24-3)13-22-14-21(23)11-10-17-6-4-5-7-18(17)21/h4-9,12,15,22-23H,10-11,13-14H2,1-3H3/t21-/m1/s1. The van der Waals surface area contributed by atoms with Crippen LogP contribution in [0.5, 0.6) is 11.5 Å². The van der Waals surface area contributed by atoms with Crippen molar-refractivity contribution < 1.29 is 14.6 Å². The second kappa shape index (κ2) is 7.46. The monoisotopic (exact) mass is 341 g/mol. The lowest BCUT2D eigenvalue weighted by atomic mass is 9.96. The van der Waals surface area contributed by atoms with Crippen LogP contribution >= 0.6 is 0 Å². The summed E-state index contributed by atoms with van der Waals surface area (Å²) in [6.45, 7) is 5.20. The first kappa shape index (κ1) is 17.8. The molecule has 2 aromatic carbocycles. The SMILES string of the molecule is COc1cc(CNC[C@]2(O)CCc3ccccc32)ccc1OC(C)C. The lowest BCUT2D eigenvalue weighted by Crippen LogP contribution is -2.36. The Hall–Kier alpha value is -2.04. The van der Waals surface area contributed by atoms with Crippen molar-refractivity contribution in [2.24, 2.45) is 0 Å². The van der Waals surface area contributed by atoms with Crippen molar-refractivity contribution in [1.29, 1.82) is 0 Å². The molecule has 0 aliphatic heterocycles. The maximum absolute atomic E-state index is 11.0. The van der Waals surface area contributed by atoms with Crippen LogP contribution in [0.25, 0.3) is 0 Å². The van der Waals surface area contributed by atoms with Gasteiger partial charge in [0.2, 0.25) is 0 Å². The molecular weight excluding hydrogens is 314 g/mol. The molecule has 0 radical (unpaired) electrons. The maximum atomic E-state index is 11.0. The molecule has 1 aliphatic carbocycles. The van der Waals surface area contributed by atoms with Gasteiger partial charge in [-0.2, -0.15) is 0 Å².